The summed E-state index contributed by atoms with van der Waals surface area (Å²) in [5, 5.41) is 0. The first kappa shape index (κ1) is 12.4. The monoisotopic (exact) mass is 293 g/mol. The zero-order chi connectivity index (χ0) is 12.1. The zero-order valence-corrected chi connectivity index (χ0v) is 11.3. The Morgan fingerprint density at radius 2 is 1.94 bits per heavy atom. The van der Waals surface area contributed by atoms with Gasteiger partial charge in [0.15, 0.2) is 0 Å². The quantitative estimate of drug-likeness (QED) is 0.720. The fraction of sp³-hybridized carbons (Fsp3) is 0.357. The summed E-state index contributed by atoms with van der Waals surface area (Å²) in [7, 11) is 0. The molecule has 0 saturated heterocycles. The molecule has 1 amide bonds. The second-order valence-electron chi connectivity index (χ2n) is 4.18. The van der Waals surface area contributed by atoms with Gasteiger partial charge in [0.25, 0.3) is 0 Å². The Labute approximate surface area is 110 Å². The fourth-order valence-electron chi connectivity index (χ4n) is 1.92. The number of hydrogen-bond donors (Lipinski definition) is 0. The van der Waals surface area contributed by atoms with Crippen molar-refractivity contribution in [2.75, 3.05) is 4.90 Å². The van der Waals surface area contributed by atoms with Crippen LogP contribution >= 0.6 is 15.9 Å². The third-order valence-electron chi connectivity index (χ3n) is 2.87. The molecule has 1 aromatic carbocycles. The van der Waals surface area contributed by atoms with E-state index in [-0.39, 0.29) is 10.7 Å². The van der Waals surface area contributed by atoms with E-state index < -0.39 is 0 Å². The SMILES string of the molecule is O=C1C(Br)CCCCC=CN1c1ccccc1. The van der Waals surface area contributed by atoms with Gasteiger partial charge >= 0.3 is 0 Å². The van der Waals surface area contributed by atoms with Gasteiger partial charge in [-0.2, -0.15) is 0 Å². The maximum atomic E-state index is 12.3. The summed E-state index contributed by atoms with van der Waals surface area (Å²) >= 11 is 3.49. The topological polar surface area (TPSA) is 20.3 Å². The van der Waals surface area contributed by atoms with Crippen LogP contribution in [0.25, 0.3) is 0 Å². The lowest BCUT2D eigenvalue weighted by Gasteiger charge is -2.20. The number of alkyl halides is 1. The Morgan fingerprint density at radius 1 is 1.18 bits per heavy atom. The lowest BCUT2D eigenvalue weighted by atomic mass is 10.1. The third kappa shape index (κ3) is 3.19. The minimum Gasteiger partial charge on any atom is -0.287 e. The van der Waals surface area contributed by atoms with Crippen LogP contribution in [0.5, 0.6) is 0 Å². The van der Waals surface area contributed by atoms with E-state index >= 15 is 0 Å². The molecule has 17 heavy (non-hydrogen) atoms. The Kier molecular flexibility index (Phi) is 4.37. The molecule has 2 nitrogen and oxygen atoms in total. The van der Waals surface area contributed by atoms with Crippen LogP contribution in [0.1, 0.15) is 25.7 Å². The van der Waals surface area contributed by atoms with Crippen molar-refractivity contribution >= 4 is 27.5 Å². The van der Waals surface area contributed by atoms with Gasteiger partial charge in [0.1, 0.15) is 0 Å². The number of nitrogens with zero attached hydrogens (tertiary/aromatic N) is 1. The maximum Gasteiger partial charge on any atom is 0.244 e. The van der Waals surface area contributed by atoms with Crippen molar-refractivity contribution in [3.05, 3.63) is 42.6 Å². The Morgan fingerprint density at radius 3 is 2.71 bits per heavy atom. The first-order valence-corrected chi connectivity index (χ1v) is 6.89. The van der Waals surface area contributed by atoms with E-state index in [1.807, 2.05) is 36.5 Å². The number of amides is 1. The van der Waals surface area contributed by atoms with Crippen LogP contribution in [0.3, 0.4) is 0 Å². The molecule has 0 spiro atoms. The van der Waals surface area contributed by atoms with Crippen LogP contribution in [0.2, 0.25) is 0 Å². The summed E-state index contributed by atoms with van der Waals surface area (Å²) in [4.78, 5) is 13.9. The summed E-state index contributed by atoms with van der Waals surface area (Å²) in [6.45, 7) is 0. The average molecular weight is 294 g/mol. The first-order chi connectivity index (χ1) is 8.29. The number of anilines is 1. The second-order valence-corrected chi connectivity index (χ2v) is 5.29. The minimum atomic E-state index is -0.0783. The molecule has 0 bridgehead atoms. The number of rotatable bonds is 1. The molecule has 1 aromatic rings. The number of para-hydroxylation sites is 1. The lowest BCUT2D eigenvalue weighted by molar-refractivity contribution is -0.117. The van der Waals surface area contributed by atoms with Crippen LogP contribution in [-0.4, -0.2) is 10.7 Å². The molecule has 0 saturated carbocycles. The molecule has 0 aliphatic carbocycles. The normalized spacial score (nSPS) is 21.8. The number of carbonyl (C=O) groups is 1. The Bertz CT molecular complexity index is 402. The van der Waals surface area contributed by atoms with E-state index in [1.165, 1.54) is 0 Å². The van der Waals surface area contributed by atoms with E-state index in [9.17, 15) is 4.79 Å². The molecule has 0 fully saturated rings. The van der Waals surface area contributed by atoms with Gasteiger partial charge in [-0.3, -0.25) is 9.69 Å². The van der Waals surface area contributed by atoms with Crippen LogP contribution in [0.15, 0.2) is 42.6 Å². The third-order valence-corrected chi connectivity index (χ3v) is 3.72. The molecule has 0 aromatic heterocycles. The summed E-state index contributed by atoms with van der Waals surface area (Å²) in [6, 6.07) is 9.78. The summed E-state index contributed by atoms with van der Waals surface area (Å²) < 4.78 is 0. The largest absolute Gasteiger partial charge is 0.287 e. The minimum absolute atomic E-state index is 0.0783. The van der Waals surface area contributed by atoms with Crippen LogP contribution in [0, 0.1) is 0 Å². The van der Waals surface area contributed by atoms with Crippen LogP contribution < -0.4 is 4.90 Å². The molecule has 1 unspecified atom stereocenters. The smallest absolute Gasteiger partial charge is 0.244 e. The molecule has 1 atom stereocenters. The van der Waals surface area contributed by atoms with E-state index in [0.717, 1.165) is 31.4 Å². The van der Waals surface area contributed by atoms with Gasteiger partial charge in [0.2, 0.25) is 5.91 Å². The van der Waals surface area contributed by atoms with Crippen molar-refractivity contribution < 1.29 is 4.79 Å². The van der Waals surface area contributed by atoms with Crippen LogP contribution in [0.4, 0.5) is 5.69 Å². The molecule has 1 heterocycles. The molecule has 1 aliphatic rings. The van der Waals surface area contributed by atoms with E-state index in [2.05, 4.69) is 22.0 Å². The molecular weight excluding hydrogens is 278 g/mol. The van der Waals surface area contributed by atoms with Gasteiger partial charge in [0, 0.05) is 11.9 Å². The van der Waals surface area contributed by atoms with Crippen LogP contribution in [-0.2, 0) is 4.79 Å². The second kappa shape index (κ2) is 6.01. The van der Waals surface area contributed by atoms with Gasteiger partial charge in [0.05, 0.1) is 4.83 Å². The number of hydrogen-bond acceptors (Lipinski definition) is 1. The number of halogens is 1. The predicted molar refractivity (Wildman–Crippen MR) is 74.3 cm³/mol. The van der Waals surface area contributed by atoms with Gasteiger partial charge in [-0.05, 0) is 31.4 Å². The number of allylic oxidation sites excluding steroid dienone is 1. The molecule has 1 aliphatic heterocycles. The zero-order valence-electron chi connectivity index (χ0n) is 9.68. The van der Waals surface area contributed by atoms with Crippen molar-refractivity contribution in [3.63, 3.8) is 0 Å². The Hall–Kier alpha value is -1.09. The molecular formula is C14H16BrNO. The lowest BCUT2D eigenvalue weighted by Crippen LogP contribution is -2.32. The van der Waals surface area contributed by atoms with E-state index in [0.29, 0.717) is 0 Å². The summed E-state index contributed by atoms with van der Waals surface area (Å²) in [5.74, 6) is 0.120. The predicted octanol–water partition coefficient (Wildman–Crippen LogP) is 3.87. The average Bonchev–Trinajstić information content (AvgIpc) is 2.44. The van der Waals surface area contributed by atoms with E-state index in [1.54, 1.807) is 4.90 Å². The highest BCUT2D eigenvalue weighted by molar-refractivity contribution is 9.10. The van der Waals surface area contributed by atoms with Crippen molar-refractivity contribution in [1.82, 2.24) is 0 Å². The standard InChI is InChI=1S/C14H16BrNO/c15-13-10-6-1-2-7-11-16(14(13)17)12-8-4-3-5-9-12/h3-5,7-9,11,13H,1-2,6,10H2. The van der Waals surface area contributed by atoms with Gasteiger partial charge < -0.3 is 0 Å². The molecule has 0 N–H and O–H groups in total. The van der Waals surface area contributed by atoms with Gasteiger partial charge in [-0.1, -0.05) is 46.6 Å². The van der Waals surface area contributed by atoms with Crippen molar-refractivity contribution in [2.24, 2.45) is 0 Å². The fourth-order valence-corrected chi connectivity index (χ4v) is 2.46. The molecule has 0 radical (unpaired) electrons. The van der Waals surface area contributed by atoms with Crippen molar-refractivity contribution in [3.8, 4) is 0 Å². The Balaban J connectivity index is 2.27. The number of benzene rings is 1. The molecule has 90 valence electrons. The molecule has 2 rings (SSSR count). The van der Waals surface area contributed by atoms with Crippen molar-refractivity contribution in [1.29, 1.82) is 0 Å². The summed E-state index contributed by atoms with van der Waals surface area (Å²) in [6.07, 6.45) is 8.16. The molecule has 3 heteroatoms. The highest BCUT2D eigenvalue weighted by atomic mass is 79.9. The summed E-state index contributed by atoms with van der Waals surface area (Å²) in [5.41, 5.74) is 0.931. The van der Waals surface area contributed by atoms with Gasteiger partial charge in [-0.25, -0.2) is 0 Å². The maximum absolute atomic E-state index is 12.3. The number of carbonyl (C=O) groups excluding carboxylic acids is 1. The van der Waals surface area contributed by atoms with E-state index in [4.69, 9.17) is 0 Å². The van der Waals surface area contributed by atoms with Gasteiger partial charge in [-0.15, -0.1) is 0 Å². The highest BCUT2D eigenvalue weighted by Gasteiger charge is 2.21. The van der Waals surface area contributed by atoms with Crippen molar-refractivity contribution in [2.45, 2.75) is 30.5 Å². The first-order valence-electron chi connectivity index (χ1n) is 5.98. The highest BCUT2D eigenvalue weighted by Crippen LogP contribution is 2.22.